The number of hydrogen-bond acceptors (Lipinski definition) is 4. The van der Waals surface area contributed by atoms with Crippen LogP contribution in [0.25, 0.3) is 10.9 Å². The number of aromatic nitrogens is 1. The standard InChI is InChI=1S/C15H15N3O2/c1-9-7-12(10-5-3-4-6-11(10)16-9)17-13-8-14(19)18(2)15(13)20/h3-7,13H,8H2,1-2H3,(H,16,17). The maximum absolute atomic E-state index is 12.0. The number of likely N-dealkylation sites (N-methyl/N-ethyl adjacent to an activating group) is 1. The largest absolute Gasteiger partial charge is 0.373 e. The molecule has 102 valence electrons. The number of nitrogens with zero attached hydrogens (tertiary/aromatic N) is 2. The molecule has 20 heavy (non-hydrogen) atoms. The highest BCUT2D eigenvalue weighted by molar-refractivity contribution is 6.07. The maximum Gasteiger partial charge on any atom is 0.251 e. The third-order valence-corrected chi connectivity index (χ3v) is 3.56. The molecule has 3 rings (SSSR count). The molecule has 5 nitrogen and oxygen atoms in total. The molecular weight excluding hydrogens is 254 g/mol. The van der Waals surface area contributed by atoms with Crippen LogP contribution in [0.4, 0.5) is 5.69 Å². The second kappa shape index (κ2) is 4.59. The van der Waals surface area contributed by atoms with Crippen molar-refractivity contribution in [1.29, 1.82) is 0 Å². The van der Waals surface area contributed by atoms with Crippen molar-refractivity contribution in [3.05, 3.63) is 36.0 Å². The van der Waals surface area contributed by atoms with Gasteiger partial charge in [0, 0.05) is 23.8 Å². The maximum atomic E-state index is 12.0. The Kier molecular flexibility index (Phi) is 2.89. The van der Waals surface area contributed by atoms with E-state index in [2.05, 4.69) is 10.3 Å². The van der Waals surface area contributed by atoms with Crippen LogP contribution in [-0.2, 0) is 9.59 Å². The summed E-state index contributed by atoms with van der Waals surface area (Å²) in [6.45, 7) is 1.91. The highest BCUT2D eigenvalue weighted by Crippen LogP contribution is 2.25. The molecule has 0 saturated carbocycles. The average molecular weight is 269 g/mol. The average Bonchev–Trinajstić information content (AvgIpc) is 2.66. The number of fused-ring (bicyclic) bond motifs is 1. The molecule has 0 aliphatic carbocycles. The fraction of sp³-hybridized carbons (Fsp3) is 0.267. The minimum atomic E-state index is -0.488. The molecule has 0 spiro atoms. The van der Waals surface area contributed by atoms with Crippen molar-refractivity contribution in [2.45, 2.75) is 19.4 Å². The van der Waals surface area contributed by atoms with Crippen molar-refractivity contribution in [2.24, 2.45) is 0 Å². The van der Waals surface area contributed by atoms with Crippen LogP contribution < -0.4 is 5.32 Å². The number of aryl methyl sites for hydroxylation is 1. The predicted octanol–water partition coefficient (Wildman–Crippen LogP) is 1.71. The van der Waals surface area contributed by atoms with E-state index in [0.717, 1.165) is 22.3 Å². The fourth-order valence-electron chi connectivity index (χ4n) is 2.48. The summed E-state index contributed by atoms with van der Waals surface area (Å²) in [7, 11) is 1.52. The molecule has 1 saturated heterocycles. The SMILES string of the molecule is Cc1cc(NC2CC(=O)N(C)C2=O)c2ccccc2n1. The topological polar surface area (TPSA) is 62.3 Å². The number of nitrogens with one attached hydrogen (secondary N) is 1. The van der Waals surface area contributed by atoms with Crippen LogP contribution >= 0.6 is 0 Å². The Balaban J connectivity index is 1.99. The lowest BCUT2D eigenvalue weighted by molar-refractivity contribution is -0.136. The van der Waals surface area contributed by atoms with Crippen LogP contribution in [0.1, 0.15) is 12.1 Å². The first-order valence-electron chi connectivity index (χ1n) is 6.49. The molecule has 1 aromatic heterocycles. The Morgan fingerprint density at radius 3 is 2.75 bits per heavy atom. The number of amides is 2. The van der Waals surface area contributed by atoms with Crippen LogP contribution in [0.3, 0.4) is 0 Å². The van der Waals surface area contributed by atoms with Crippen LogP contribution in [0, 0.1) is 6.92 Å². The van der Waals surface area contributed by atoms with E-state index in [1.165, 1.54) is 11.9 Å². The van der Waals surface area contributed by atoms with Gasteiger partial charge in [-0.25, -0.2) is 0 Å². The number of carbonyl (C=O) groups is 2. The predicted molar refractivity (Wildman–Crippen MR) is 76.3 cm³/mol. The Hall–Kier alpha value is -2.43. The number of rotatable bonds is 2. The molecule has 5 heteroatoms. The van der Waals surface area contributed by atoms with Gasteiger partial charge in [-0.15, -0.1) is 0 Å². The molecule has 2 amide bonds. The van der Waals surface area contributed by atoms with E-state index in [-0.39, 0.29) is 18.2 Å². The summed E-state index contributed by atoms with van der Waals surface area (Å²) in [5.74, 6) is -0.337. The van der Waals surface area contributed by atoms with Gasteiger partial charge in [0.1, 0.15) is 6.04 Å². The van der Waals surface area contributed by atoms with Gasteiger partial charge in [0.15, 0.2) is 0 Å². The molecule has 2 aromatic rings. The second-order valence-corrected chi connectivity index (χ2v) is 5.02. The van der Waals surface area contributed by atoms with E-state index in [0.29, 0.717) is 0 Å². The molecule has 1 aliphatic heterocycles. The lowest BCUT2D eigenvalue weighted by Crippen LogP contribution is -2.31. The third-order valence-electron chi connectivity index (χ3n) is 3.56. The van der Waals surface area contributed by atoms with Crippen LogP contribution in [0.5, 0.6) is 0 Å². The Morgan fingerprint density at radius 2 is 2.05 bits per heavy atom. The summed E-state index contributed by atoms with van der Waals surface area (Å²) in [6.07, 6.45) is 0.199. The number of hydrogen-bond donors (Lipinski definition) is 1. The van der Waals surface area contributed by atoms with Crippen LogP contribution in [0.15, 0.2) is 30.3 Å². The van der Waals surface area contributed by atoms with Crippen LogP contribution in [0.2, 0.25) is 0 Å². The number of carbonyl (C=O) groups excluding carboxylic acids is 2. The molecule has 1 fully saturated rings. The molecule has 0 bridgehead atoms. The Labute approximate surface area is 116 Å². The minimum absolute atomic E-state index is 0.150. The van der Waals surface area contributed by atoms with Gasteiger partial charge < -0.3 is 5.32 Å². The fourth-order valence-corrected chi connectivity index (χ4v) is 2.48. The highest BCUT2D eigenvalue weighted by Gasteiger charge is 2.36. The van der Waals surface area contributed by atoms with Crippen molar-refractivity contribution >= 4 is 28.4 Å². The summed E-state index contributed by atoms with van der Waals surface area (Å²) in [4.78, 5) is 29.2. The smallest absolute Gasteiger partial charge is 0.251 e. The highest BCUT2D eigenvalue weighted by atomic mass is 16.2. The minimum Gasteiger partial charge on any atom is -0.373 e. The first kappa shape index (κ1) is 12.6. The summed E-state index contributed by atoms with van der Waals surface area (Å²) in [5, 5.41) is 4.14. The summed E-state index contributed by atoms with van der Waals surface area (Å²) in [5.41, 5.74) is 2.59. The van der Waals surface area contributed by atoms with E-state index >= 15 is 0 Å². The Bertz CT molecular complexity index is 711. The van der Waals surface area contributed by atoms with Gasteiger partial charge in [-0.3, -0.25) is 19.5 Å². The number of anilines is 1. The van der Waals surface area contributed by atoms with E-state index in [9.17, 15) is 9.59 Å². The van der Waals surface area contributed by atoms with Crippen molar-refractivity contribution in [3.63, 3.8) is 0 Å². The van der Waals surface area contributed by atoms with Gasteiger partial charge in [0.2, 0.25) is 5.91 Å². The normalized spacial score (nSPS) is 18.9. The summed E-state index contributed by atoms with van der Waals surface area (Å²) < 4.78 is 0. The van der Waals surface area contributed by atoms with E-state index in [4.69, 9.17) is 0 Å². The quantitative estimate of drug-likeness (QED) is 0.843. The number of imide groups is 1. The van der Waals surface area contributed by atoms with Crippen molar-refractivity contribution in [3.8, 4) is 0 Å². The van der Waals surface area contributed by atoms with Gasteiger partial charge in [0.25, 0.3) is 5.91 Å². The van der Waals surface area contributed by atoms with Gasteiger partial charge in [0.05, 0.1) is 11.9 Å². The van der Waals surface area contributed by atoms with E-state index in [1.807, 2.05) is 37.3 Å². The molecule has 1 unspecified atom stereocenters. The molecule has 1 aromatic carbocycles. The lowest BCUT2D eigenvalue weighted by Gasteiger charge is -2.15. The number of benzene rings is 1. The zero-order valence-corrected chi connectivity index (χ0v) is 11.4. The second-order valence-electron chi connectivity index (χ2n) is 5.02. The third kappa shape index (κ3) is 2.01. The van der Waals surface area contributed by atoms with E-state index in [1.54, 1.807) is 0 Å². The first-order valence-corrected chi connectivity index (χ1v) is 6.49. The summed E-state index contributed by atoms with van der Waals surface area (Å²) in [6, 6.07) is 9.15. The lowest BCUT2D eigenvalue weighted by atomic mass is 10.1. The van der Waals surface area contributed by atoms with Gasteiger partial charge in [-0.2, -0.15) is 0 Å². The first-order chi connectivity index (χ1) is 9.56. The van der Waals surface area contributed by atoms with Crippen molar-refractivity contribution in [2.75, 3.05) is 12.4 Å². The molecular formula is C15H15N3O2. The van der Waals surface area contributed by atoms with Gasteiger partial charge >= 0.3 is 0 Å². The molecule has 1 aliphatic rings. The van der Waals surface area contributed by atoms with Gasteiger partial charge in [-0.05, 0) is 19.1 Å². The number of para-hydroxylation sites is 1. The monoisotopic (exact) mass is 269 g/mol. The van der Waals surface area contributed by atoms with Crippen molar-refractivity contribution < 1.29 is 9.59 Å². The molecule has 0 radical (unpaired) electrons. The molecule has 1 atom stereocenters. The number of likely N-dealkylation sites (tertiary alicyclic amines) is 1. The number of pyridine rings is 1. The molecule has 2 heterocycles. The Morgan fingerprint density at radius 1 is 1.30 bits per heavy atom. The van der Waals surface area contributed by atoms with Crippen molar-refractivity contribution in [1.82, 2.24) is 9.88 Å². The summed E-state index contributed by atoms with van der Waals surface area (Å²) >= 11 is 0. The molecule has 1 N–H and O–H groups in total. The zero-order valence-electron chi connectivity index (χ0n) is 11.4. The van der Waals surface area contributed by atoms with Crippen LogP contribution in [-0.4, -0.2) is 34.8 Å². The van der Waals surface area contributed by atoms with Gasteiger partial charge in [-0.1, -0.05) is 18.2 Å². The van der Waals surface area contributed by atoms with E-state index < -0.39 is 6.04 Å². The zero-order chi connectivity index (χ0) is 14.3.